The Morgan fingerprint density at radius 1 is 1.13 bits per heavy atom. The van der Waals surface area contributed by atoms with Crippen LogP contribution in [-0.2, 0) is 27.8 Å². The number of likely N-dealkylation sites (N-methyl/N-ethyl adjacent to an activating group) is 1. The highest BCUT2D eigenvalue weighted by Crippen LogP contribution is 2.25. The maximum Gasteiger partial charge on any atom is 0.261 e. The second kappa shape index (κ2) is 8.73. The number of hydrogen-bond acceptors (Lipinski definition) is 4. The average molecular weight is 434 g/mol. The minimum atomic E-state index is -3.79. The van der Waals surface area contributed by atoms with Gasteiger partial charge in [0.05, 0.1) is 16.0 Å². The first-order valence-corrected chi connectivity index (χ1v) is 11.5. The molecule has 0 saturated carbocycles. The van der Waals surface area contributed by atoms with Gasteiger partial charge in [-0.2, -0.15) is 0 Å². The van der Waals surface area contributed by atoms with Crippen molar-refractivity contribution in [3.8, 4) is 0 Å². The summed E-state index contributed by atoms with van der Waals surface area (Å²) in [5.74, 6) is -0.472. The molecule has 2 aromatic carbocycles. The first-order chi connectivity index (χ1) is 14.1. The molecule has 2 N–H and O–H groups in total. The Hall–Kier alpha value is -2.45. The van der Waals surface area contributed by atoms with Crippen molar-refractivity contribution in [3.63, 3.8) is 0 Å². The zero-order chi connectivity index (χ0) is 21.9. The van der Waals surface area contributed by atoms with E-state index >= 15 is 0 Å². The van der Waals surface area contributed by atoms with E-state index in [1.807, 2.05) is 6.07 Å². The van der Waals surface area contributed by atoms with Gasteiger partial charge in [0, 0.05) is 18.8 Å². The van der Waals surface area contributed by atoms with Crippen LogP contribution in [0, 0.1) is 5.41 Å². The fourth-order valence-electron chi connectivity index (χ4n) is 3.26. The van der Waals surface area contributed by atoms with E-state index in [1.165, 1.54) is 25.5 Å². The van der Waals surface area contributed by atoms with Gasteiger partial charge in [-0.3, -0.25) is 14.4 Å². The lowest BCUT2D eigenvalue weighted by Crippen LogP contribution is -2.32. The number of sulfonamides is 1. The number of fused-ring (bicyclic) bond motifs is 1. The van der Waals surface area contributed by atoms with Gasteiger partial charge >= 0.3 is 0 Å². The van der Waals surface area contributed by atoms with E-state index in [0.29, 0.717) is 11.4 Å². The summed E-state index contributed by atoms with van der Waals surface area (Å²) in [6.07, 6.45) is 0.911. The molecular weight excluding hydrogens is 405 g/mol. The first-order valence-electron chi connectivity index (χ1n) is 9.99. The minimum absolute atomic E-state index is 0.201. The Balaban J connectivity index is 1.78. The number of alkyl halides is 1. The van der Waals surface area contributed by atoms with Crippen molar-refractivity contribution in [1.82, 2.24) is 4.90 Å². The molecule has 0 radical (unpaired) electrons. The van der Waals surface area contributed by atoms with Gasteiger partial charge in [-0.25, -0.2) is 12.8 Å². The van der Waals surface area contributed by atoms with E-state index in [0.717, 1.165) is 31.6 Å². The van der Waals surface area contributed by atoms with Crippen LogP contribution in [-0.4, -0.2) is 39.0 Å². The highest BCUT2D eigenvalue weighted by atomic mass is 32.2. The van der Waals surface area contributed by atoms with Crippen molar-refractivity contribution in [3.05, 3.63) is 53.6 Å². The van der Waals surface area contributed by atoms with Gasteiger partial charge in [-0.05, 0) is 68.3 Å². The van der Waals surface area contributed by atoms with Crippen molar-refractivity contribution in [2.75, 3.05) is 29.8 Å². The maximum atomic E-state index is 13.0. The van der Waals surface area contributed by atoms with Crippen LogP contribution < -0.4 is 10.0 Å². The lowest BCUT2D eigenvalue weighted by Gasteiger charge is -2.27. The van der Waals surface area contributed by atoms with Crippen molar-refractivity contribution < 1.29 is 17.6 Å². The molecule has 0 aliphatic carbocycles. The molecule has 2 aromatic rings. The van der Waals surface area contributed by atoms with Gasteiger partial charge in [0.15, 0.2) is 0 Å². The number of rotatable bonds is 7. The van der Waals surface area contributed by atoms with Gasteiger partial charge in [0.25, 0.3) is 10.0 Å². The van der Waals surface area contributed by atoms with Gasteiger partial charge in [0.2, 0.25) is 5.91 Å². The average Bonchev–Trinajstić information content (AvgIpc) is 2.72. The summed E-state index contributed by atoms with van der Waals surface area (Å²) in [6, 6.07) is 11.6. The highest BCUT2D eigenvalue weighted by molar-refractivity contribution is 7.92. The van der Waals surface area contributed by atoms with Crippen LogP contribution >= 0.6 is 0 Å². The van der Waals surface area contributed by atoms with Crippen LogP contribution in [0.3, 0.4) is 0 Å². The monoisotopic (exact) mass is 433 g/mol. The fraction of sp³-hybridized carbons (Fsp3) is 0.409. The standard InChI is InChI=1S/C22H28FN3O3S/c1-4-26-11-10-16-8-9-20(12-17(16)14-26)30(28,29)25-19-7-5-6-18(13-19)24-21(27)22(2,3)15-23/h5-9,12-13,25H,4,10-11,14-15H2,1-3H3,(H,24,27). The van der Waals surface area contributed by atoms with E-state index in [1.54, 1.807) is 30.3 Å². The van der Waals surface area contributed by atoms with E-state index in [2.05, 4.69) is 21.9 Å². The summed E-state index contributed by atoms with van der Waals surface area (Å²) >= 11 is 0. The number of nitrogens with zero attached hydrogens (tertiary/aromatic N) is 1. The lowest BCUT2D eigenvalue weighted by atomic mass is 9.94. The molecule has 1 heterocycles. The minimum Gasteiger partial charge on any atom is -0.325 e. The van der Waals surface area contributed by atoms with E-state index in [-0.39, 0.29) is 4.90 Å². The number of benzene rings is 2. The molecule has 0 aromatic heterocycles. The molecule has 0 unspecified atom stereocenters. The molecule has 0 saturated heterocycles. The normalized spacial score (nSPS) is 14.8. The third-order valence-corrected chi connectivity index (χ3v) is 6.73. The number of halogens is 1. The molecule has 6 nitrogen and oxygen atoms in total. The summed E-state index contributed by atoms with van der Waals surface area (Å²) in [5.41, 5.74) is 1.76. The third kappa shape index (κ3) is 4.99. The SMILES string of the molecule is CCN1CCc2ccc(S(=O)(=O)Nc3cccc(NC(=O)C(C)(C)CF)c3)cc2C1. The largest absolute Gasteiger partial charge is 0.325 e. The first kappa shape index (κ1) is 22.2. The van der Waals surface area contributed by atoms with Crippen molar-refractivity contribution in [2.45, 2.75) is 38.6 Å². The lowest BCUT2D eigenvalue weighted by molar-refractivity contribution is -0.124. The number of nitrogens with one attached hydrogen (secondary N) is 2. The Morgan fingerprint density at radius 2 is 1.87 bits per heavy atom. The summed E-state index contributed by atoms with van der Waals surface area (Å²) in [5, 5.41) is 2.63. The molecule has 1 aliphatic rings. The summed E-state index contributed by atoms with van der Waals surface area (Å²) < 4.78 is 41.4. The quantitative estimate of drug-likeness (QED) is 0.696. The number of hydrogen-bond donors (Lipinski definition) is 2. The second-order valence-electron chi connectivity index (χ2n) is 8.21. The molecule has 8 heteroatoms. The molecule has 1 amide bonds. The number of carbonyl (C=O) groups is 1. The fourth-order valence-corrected chi connectivity index (χ4v) is 4.36. The van der Waals surface area contributed by atoms with Crippen LogP contribution in [0.15, 0.2) is 47.4 Å². The molecule has 0 fully saturated rings. The molecule has 162 valence electrons. The molecule has 1 aliphatic heterocycles. The van der Waals surface area contributed by atoms with Gasteiger partial charge in [-0.15, -0.1) is 0 Å². The topological polar surface area (TPSA) is 78.5 Å². The van der Waals surface area contributed by atoms with E-state index < -0.39 is 28.0 Å². The van der Waals surface area contributed by atoms with Crippen LogP contribution in [0.1, 0.15) is 31.9 Å². The smallest absolute Gasteiger partial charge is 0.261 e. The molecule has 0 atom stereocenters. The summed E-state index contributed by atoms with van der Waals surface area (Å²) in [4.78, 5) is 14.7. The third-order valence-electron chi connectivity index (χ3n) is 5.35. The zero-order valence-electron chi connectivity index (χ0n) is 17.5. The Bertz CT molecular complexity index is 1040. The zero-order valence-corrected chi connectivity index (χ0v) is 18.4. The predicted molar refractivity (Wildman–Crippen MR) is 117 cm³/mol. The van der Waals surface area contributed by atoms with Gasteiger partial charge < -0.3 is 5.32 Å². The van der Waals surface area contributed by atoms with Crippen LogP contribution in [0.2, 0.25) is 0 Å². The highest BCUT2D eigenvalue weighted by Gasteiger charge is 2.27. The van der Waals surface area contributed by atoms with Crippen LogP contribution in [0.4, 0.5) is 15.8 Å². The maximum absolute atomic E-state index is 13.0. The number of anilines is 2. The Labute approximate surface area is 177 Å². The van der Waals surface area contributed by atoms with Gasteiger partial charge in [0.1, 0.15) is 6.67 Å². The van der Waals surface area contributed by atoms with Crippen molar-refractivity contribution in [2.24, 2.45) is 5.41 Å². The predicted octanol–water partition coefficient (Wildman–Crippen LogP) is 3.80. The molecule has 3 rings (SSSR count). The molecule has 0 spiro atoms. The van der Waals surface area contributed by atoms with E-state index in [9.17, 15) is 17.6 Å². The molecular formula is C22H28FN3O3S. The Morgan fingerprint density at radius 3 is 2.57 bits per heavy atom. The van der Waals surface area contributed by atoms with E-state index in [4.69, 9.17) is 0 Å². The molecule has 0 bridgehead atoms. The second-order valence-corrected chi connectivity index (χ2v) is 9.89. The summed E-state index contributed by atoms with van der Waals surface area (Å²) in [7, 11) is -3.79. The number of carbonyl (C=O) groups excluding carboxylic acids is 1. The number of amides is 1. The Kier molecular flexibility index (Phi) is 6.47. The van der Waals surface area contributed by atoms with Gasteiger partial charge in [-0.1, -0.05) is 19.1 Å². The van der Waals surface area contributed by atoms with Crippen LogP contribution in [0.25, 0.3) is 0 Å². The summed E-state index contributed by atoms with van der Waals surface area (Å²) in [6.45, 7) is 6.95. The molecule has 30 heavy (non-hydrogen) atoms. The van der Waals surface area contributed by atoms with Crippen molar-refractivity contribution in [1.29, 1.82) is 0 Å². The van der Waals surface area contributed by atoms with Crippen molar-refractivity contribution >= 4 is 27.3 Å². The van der Waals surface area contributed by atoms with Crippen LogP contribution in [0.5, 0.6) is 0 Å².